The maximum atomic E-state index is 9.27. The molecule has 0 heterocycles. The summed E-state index contributed by atoms with van der Waals surface area (Å²) < 4.78 is 0. The lowest BCUT2D eigenvalue weighted by molar-refractivity contribution is 0.477. The minimum Gasteiger partial charge on any atom is -0.506 e. The van der Waals surface area contributed by atoms with Gasteiger partial charge in [-0.1, -0.05) is 55.5 Å². The number of rotatable bonds is 6. The normalized spacial score (nSPS) is 12.1. The summed E-state index contributed by atoms with van der Waals surface area (Å²) in [4.78, 5) is 0. The first-order valence-corrected chi connectivity index (χ1v) is 8.54. The number of benzene rings is 2. The van der Waals surface area contributed by atoms with Gasteiger partial charge in [-0.15, -0.1) is 0 Å². The van der Waals surface area contributed by atoms with Crippen molar-refractivity contribution in [1.29, 1.82) is 0 Å². The Morgan fingerprint density at radius 3 is 2.33 bits per heavy atom. The van der Waals surface area contributed by atoms with E-state index in [0.717, 1.165) is 25.1 Å². The lowest BCUT2D eigenvalue weighted by Gasteiger charge is -2.05. The highest BCUT2D eigenvalue weighted by Crippen LogP contribution is 2.20. The first-order chi connectivity index (χ1) is 11.5. The monoisotopic (exact) mass is 326 g/mol. The largest absolute Gasteiger partial charge is 0.506 e. The third kappa shape index (κ3) is 7.84. The van der Waals surface area contributed by atoms with Crippen LogP contribution in [0.25, 0.3) is 5.57 Å². The van der Waals surface area contributed by atoms with Crippen LogP contribution in [0.1, 0.15) is 39.2 Å². The van der Waals surface area contributed by atoms with Crippen molar-refractivity contribution in [3.63, 3.8) is 0 Å². The summed E-state index contributed by atoms with van der Waals surface area (Å²) in [6, 6.07) is 17.9. The van der Waals surface area contributed by atoms with Crippen LogP contribution in [0.4, 0.5) is 5.69 Å². The van der Waals surface area contributed by atoms with Gasteiger partial charge in [-0.05, 0) is 50.0 Å². The summed E-state index contributed by atoms with van der Waals surface area (Å²) in [5.41, 5.74) is 9.07. The van der Waals surface area contributed by atoms with Crippen molar-refractivity contribution < 1.29 is 5.11 Å². The van der Waals surface area contributed by atoms with Crippen molar-refractivity contribution >= 4 is 11.3 Å². The van der Waals surface area contributed by atoms with Gasteiger partial charge in [0.2, 0.25) is 0 Å². The van der Waals surface area contributed by atoms with Crippen LogP contribution in [-0.2, 0) is 0 Å². The molecule has 0 saturated heterocycles. The molecule has 24 heavy (non-hydrogen) atoms. The maximum absolute atomic E-state index is 9.27. The van der Waals surface area contributed by atoms with E-state index in [1.807, 2.05) is 31.2 Å². The molecule has 3 heteroatoms. The van der Waals surface area contributed by atoms with E-state index >= 15 is 0 Å². The second kappa shape index (κ2) is 11.3. The van der Waals surface area contributed by atoms with Gasteiger partial charge in [0.1, 0.15) is 5.75 Å². The number of allylic oxidation sites excluding steroid dienone is 1. The summed E-state index contributed by atoms with van der Waals surface area (Å²) in [6.07, 6.45) is 4.20. The first kappa shape index (κ1) is 19.8. The number of hydrogen-bond donors (Lipinski definition) is 3. The Balaban J connectivity index is 0.000000243. The van der Waals surface area contributed by atoms with Crippen LogP contribution in [0.15, 0.2) is 60.7 Å². The van der Waals surface area contributed by atoms with E-state index in [-0.39, 0.29) is 6.04 Å². The molecule has 4 N–H and O–H groups in total. The summed E-state index contributed by atoms with van der Waals surface area (Å²) in [7, 11) is 0. The second-order valence-corrected chi connectivity index (χ2v) is 5.91. The molecule has 130 valence electrons. The second-order valence-electron chi connectivity index (χ2n) is 5.91. The molecule has 0 aliphatic heterocycles. The van der Waals surface area contributed by atoms with Crippen molar-refractivity contribution in [3.05, 3.63) is 66.2 Å². The Kier molecular flexibility index (Phi) is 9.32. The molecule has 1 atom stereocenters. The van der Waals surface area contributed by atoms with Crippen LogP contribution in [0, 0.1) is 0 Å². The molecule has 0 spiro atoms. The molecule has 0 aliphatic rings. The molecule has 0 saturated carbocycles. The predicted molar refractivity (Wildman–Crippen MR) is 105 cm³/mol. The Hall–Kier alpha value is -2.26. The number of phenols is 1. The van der Waals surface area contributed by atoms with E-state index in [1.165, 1.54) is 11.1 Å². The molecule has 2 aromatic rings. The molecular weight excluding hydrogens is 296 g/mol. The minimum atomic E-state index is 0.249. The zero-order chi connectivity index (χ0) is 17.8. The molecule has 0 aliphatic carbocycles. The summed E-state index contributed by atoms with van der Waals surface area (Å²) in [5, 5.41) is 12.4. The minimum absolute atomic E-state index is 0.249. The van der Waals surface area contributed by atoms with Crippen LogP contribution in [0.5, 0.6) is 5.75 Å². The standard InChI is InChI=1S/C12H17N.C9H13NO/c1-10(8-9-11(2)13)12-6-4-3-5-7-12;1-2-7-10-8-5-3-4-6-9(8)11/h3-8,11H,9,13H2,1-2H3;3-6,10-11H,2,7H2,1H3/b10-8-;. The highest BCUT2D eigenvalue weighted by Gasteiger charge is 1.95. The first-order valence-electron chi connectivity index (χ1n) is 8.54. The molecular formula is C21H30N2O. The van der Waals surface area contributed by atoms with Gasteiger partial charge in [0.05, 0.1) is 5.69 Å². The molecule has 3 nitrogen and oxygen atoms in total. The van der Waals surface area contributed by atoms with Crippen molar-refractivity contribution in [2.24, 2.45) is 5.73 Å². The quantitative estimate of drug-likeness (QED) is 0.652. The van der Waals surface area contributed by atoms with Crippen LogP contribution >= 0.6 is 0 Å². The van der Waals surface area contributed by atoms with Gasteiger partial charge in [0, 0.05) is 12.6 Å². The lowest BCUT2D eigenvalue weighted by atomic mass is 10.1. The Morgan fingerprint density at radius 1 is 1.12 bits per heavy atom. The van der Waals surface area contributed by atoms with Crippen molar-refractivity contribution in [2.45, 2.75) is 39.7 Å². The number of hydrogen-bond acceptors (Lipinski definition) is 3. The summed E-state index contributed by atoms with van der Waals surface area (Å²) in [6.45, 7) is 7.14. The number of phenolic OH excluding ortho intramolecular Hbond substituents is 1. The number of para-hydroxylation sites is 2. The number of nitrogens with two attached hydrogens (primary N) is 1. The van der Waals surface area contributed by atoms with Gasteiger partial charge in [0.15, 0.2) is 0 Å². The van der Waals surface area contributed by atoms with Crippen LogP contribution in [-0.4, -0.2) is 17.7 Å². The number of anilines is 1. The maximum Gasteiger partial charge on any atom is 0.138 e. The fourth-order valence-electron chi connectivity index (χ4n) is 2.06. The summed E-state index contributed by atoms with van der Waals surface area (Å²) >= 11 is 0. The average Bonchev–Trinajstić information content (AvgIpc) is 2.60. The van der Waals surface area contributed by atoms with E-state index in [1.54, 1.807) is 6.07 Å². The molecule has 0 radical (unpaired) electrons. The SMILES string of the molecule is C/C(=C/CC(C)N)c1ccccc1.CCCNc1ccccc1O. The molecule has 0 fully saturated rings. The Bertz CT molecular complexity index is 606. The van der Waals surface area contributed by atoms with E-state index in [4.69, 9.17) is 5.73 Å². The van der Waals surface area contributed by atoms with E-state index in [2.05, 4.69) is 49.5 Å². The van der Waals surface area contributed by atoms with Crippen molar-refractivity contribution in [2.75, 3.05) is 11.9 Å². The van der Waals surface area contributed by atoms with Crippen LogP contribution in [0.3, 0.4) is 0 Å². The lowest BCUT2D eigenvalue weighted by Crippen LogP contribution is -2.12. The fourth-order valence-corrected chi connectivity index (χ4v) is 2.06. The summed E-state index contributed by atoms with van der Waals surface area (Å²) in [5.74, 6) is 0.320. The Labute approximate surface area is 146 Å². The van der Waals surface area contributed by atoms with Crippen LogP contribution < -0.4 is 11.1 Å². The van der Waals surface area contributed by atoms with E-state index < -0.39 is 0 Å². The molecule has 0 bridgehead atoms. The van der Waals surface area contributed by atoms with Crippen molar-refractivity contribution in [3.8, 4) is 5.75 Å². The molecule has 1 unspecified atom stereocenters. The van der Waals surface area contributed by atoms with E-state index in [0.29, 0.717) is 5.75 Å². The van der Waals surface area contributed by atoms with Gasteiger partial charge >= 0.3 is 0 Å². The van der Waals surface area contributed by atoms with Gasteiger partial charge in [-0.2, -0.15) is 0 Å². The number of aromatic hydroxyl groups is 1. The predicted octanol–water partition coefficient (Wildman–Crippen LogP) is 5.04. The molecule has 0 amide bonds. The van der Waals surface area contributed by atoms with Crippen molar-refractivity contribution in [1.82, 2.24) is 0 Å². The average molecular weight is 326 g/mol. The number of nitrogens with one attached hydrogen (secondary N) is 1. The third-order valence-electron chi connectivity index (χ3n) is 3.49. The molecule has 2 aromatic carbocycles. The fraction of sp³-hybridized carbons (Fsp3) is 0.333. The highest BCUT2D eigenvalue weighted by molar-refractivity contribution is 5.63. The molecule has 2 rings (SSSR count). The zero-order valence-corrected chi connectivity index (χ0v) is 15.0. The Morgan fingerprint density at radius 2 is 1.75 bits per heavy atom. The van der Waals surface area contributed by atoms with Gasteiger partial charge in [-0.25, -0.2) is 0 Å². The van der Waals surface area contributed by atoms with Gasteiger partial charge < -0.3 is 16.2 Å². The van der Waals surface area contributed by atoms with Gasteiger partial charge in [0.25, 0.3) is 0 Å². The topological polar surface area (TPSA) is 58.3 Å². The van der Waals surface area contributed by atoms with Crippen LogP contribution in [0.2, 0.25) is 0 Å². The molecule has 0 aromatic heterocycles. The van der Waals surface area contributed by atoms with E-state index in [9.17, 15) is 5.11 Å². The highest BCUT2D eigenvalue weighted by atomic mass is 16.3. The third-order valence-corrected chi connectivity index (χ3v) is 3.49. The smallest absolute Gasteiger partial charge is 0.138 e. The zero-order valence-electron chi connectivity index (χ0n) is 15.0. The van der Waals surface area contributed by atoms with Gasteiger partial charge in [-0.3, -0.25) is 0 Å².